The van der Waals surface area contributed by atoms with Crippen molar-refractivity contribution in [3.8, 4) is 5.75 Å². The predicted molar refractivity (Wildman–Crippen MR) is 49.2 cm³/mol. The molecule has 0 unspecified atom stereocenters. The third-order valence-corrected chi connectivity index (χ3v) is 2.00. The van der Waals surface area contributed by atoms with Crippen LogP contribution in [0.25, 0.3) is 10.9 Å². The van der Waals surface area contributed by atoms with Crippen LogP contribution in [0.3, 0.4) is 0 Å². The first kappa shape index (κ1) is 7.91. The van der Waals surface area contributed by atoms with E-state index in [1.165, 1.54) is 13.2 Å². The number of anilines is 1. The predicted octanol–water partition coefficient (Wildman–Crippen LogP) is 1.90. The van der Waals surface area contributed by atoms with Crippen molar-refractivity contribution in [3.63, 3.8) is 0 Å². The Morgan fingerprint density at radius 1 is 1.54 bits per heavy atom. The number of H-pyrrole nitrogens is 1. The molecular formula is C9H9FN2O. The summed E-state index contributed by atoms with van der Waals surface area (Å²) in [5, 5.41) is 0.793. The molecule has 0 aliphatic carbocycles. The van der Waals surface area contributed by atoms with E-state index in [2.05, 4.69) is 4.98 Å². The van der Waals surface area contributed by atoms with Crippen molar-refractivity contribution in [2.24, 2.45) is 0 Å². The molecule has 0 aliphatic heterocycles. The maximum atomic E-state index is 13.1. The Morgan fingerprint density at radius 2 is 2.31 bits per heavy atom. The second kappa shape index (κ2) is 2.65. The maximum absolute atomic E-state index is 13.1. The van der Waals surface area contributed by atoms with Gasteiger partial charge in [0.2, 0.25) is 0 Å². The van der Waals surface area contributed by atoms with E-state index in [-0.39, 0.29) is 5.69 Å². The molecule has 13 heavy (non-hydrogen) atoms. The summed E-state index contributed by atoms with van der Waals surface area (Å²) in [4.78, 5) is 2.89. The van der Waals surface area contributed by atoms with Gasteiger partial charge in [-0.15, -0.1) is 0 Å². The van der Waals surface area contributed by atoms with Gasteiger partial charge in [-0.25, -0.2) is 4.39 Å². The lowest BCUT2D eigenvalue weighted by atomic mass is 10.2. The summed E-state index contributed by atoms with van der Waals surface area (Å²) in [7, 11) is 1.47. The van der Waals surface area contributed by atoms with Crippen LogP contribution in [0.2, 0.25) is 0 Å². The van der Waals surface area contributed by atoms with Crippen LogP contribution in [0.4, 0.5) is 10.1 Å². The topological polar surface area (TPSA) is 51.0 Å². The number of aromatic amines is 1. The second-order valence-corrected chi connectivity index (χ2v) is 2.74. The zero-order valence-electron chi connectivity index (χ0n) is 7.10. The van der Waals surface area contributed by atoms with E-state index < -0.39 is 5.82 Å². The molecule has 0 radical (unpaired) electrons. The van der Waals surface area contributed by atoms with E-state index >= 15 is 0 Å². The van der Waals surface area contributed by atoms with Crippen LogP contribution in [-0.4, -0.2) is 12.1 Å². The lowest BCUT2D eigenvalue weighted by molar-refractivity contribution is 0.419. The minimum absolute atomic E-state index is 0.0506. The van der Waals surface area contributed by atoms with E-state index in [9.17, 15) is 4.39 Å². The van der Waals surface area contributed by atoms with E-state index in [0.717, 1.165) is 5.39 Å². The molecule has 0 fully saturated rings. The van der Waals surface area contributed by atoms with Crippen LogP contribution in [-0.2, 0) is 0 Å². The number of hydrogen-bond donors (Lipinski definition) is 2. The maximum Gasteiger partial charge on any atom is 0.154 e. The van der Waals surface area contributed by atoms with Crippen molar-refractivity contribution >= 4 is 16.6 Å². The van der Waals surface area contributed by atoms with Gasteiger partial charge in [0.05, 0.1) is 12.6 Å². The standard InChI is InChI=1S/C9H9FN2O/c1-13-9-5-2-3-12-7(5)4-6(10)8(9)11/h2-4,12H,11H2,1H3. The average Bonchev–Trinajstić information content (AvgIpc) is 2.54. The average molecular weight is 180 g/mol. The Kier molecular flexibility index (Phi) is 1.62. The smallest absolute Gasteiger partial charge is 0.154 e. The van der Waals surface area contributed by atoms with Crippen molar-refractivity contribution in [3.05, 3.63) is 24.1 Å². The molecule has 2 rings (SSSR count). The normalized spacial score (nSPS) is 10.6. The van der Waals surface area contributed by atoms with Crippen molar-refractivity contribution < 1.29 is 9.13 Å². The van der Waals surface area contributed by atoms with Crippen LogP contribution < -0.4 is 10.5 Å². The van der Waals surface area contributed by atoms with Gasteiger partial charge in [-0.1, -0.05) is 0 Å². The van der Waals surface area contributed by atoms with Crippen molar-refractivity contribution in [1.29, 1.82) is 0 Å². The minimum Gasteiger partial charge on any atom is -0.494 e. The van der Waals surface area contributed by atoms with Gasteiger partial charge in [0.15, 0.2) is 11.6 Å². The second-order valence-electron chi connectivity index (χ2n) is 2.74. The molecule has 1 heterocycles. The van der Waals surface area contributed by atoms with E-state index in [4.69, 9.17) is 10.5 Å². The monoisotopic (exact) mass is 180 g/mol. The van der Waals surface area contributed by atoms with Gasteiger partial charge >= 0.3 is 0 Å². The van der Waals surface area contributed by atoms with Crippen molar-refractivity contribution in [2.45, 2.75) is 0 Å². The van der Waals surface area contributed by atoms with Crippen molar-refractivity contribution in [2.75, 3.05) is 12.8 Å². The van der Waals surface area contributed by atoms with Crippen molar-refractivity contribution in [1.82, 2.24) is 4.98 Å². The highest BCUT2D eigenvalue weighted by Crippen LogP contribution is 2.33. The highest BCUT2D eigenvalue weighted by Gasteiger charge is 2.11. The van der Waals surface area contributed by atoms with E-state index in [1.807, 2.05) is 0 Å². The molecule has 68 valence electrons. The molecule has 0 atom stereocenters. The Hall–Kier alpha value is -1.71. The summed E-state index contributed by atoms with van der Waals surface area (Å²) >= 11 is 0. The summed E-state index contributed by atoms with van der Waals surface area (Å²) in [6.07, 6.45) is 1.71. The van der Waals surface area contributed by atoms with E-state index in [0.29, 0.717) is 11.3 Å². The summed E-state index contributed by atoms with van der Waals surface area (Å²) in [5.41, 5.74) is 6.24. The summed E-state index contributed by atoms with van der Waals surface area (Å²) < 4.78 is 18.2. The molecule has 0 spiro atoms. The van der Waals surface area contributed by atoms with Gasteiger partial charge in [-0.05, 0) is 6.07 Å². The number of halogens is 1. The molecule has 2 aromatic rings. The first-order valence-electron chi connectivity index (χ1n) is 3.83. The first-order valence-corrected chi connectivity index (χ1v) is 3.83. The molecule has 3 N–H and O–H groups in total. The molecule has 0 amide bonds. The molecule has 0 saturated heterocycles. The fraction of sp³-hybridized carbons (Fsp3) is 0.111. The van der Waals surface area contributed by atoms with Gasteiger partial charge in [-0.3, -0.25) is 0 Å². The summed E-state index contributed by atoms with van der Waals surface area (Å²) in [6.45, 7) is 0. The summed E-state index contributed by atoms with van der Waals surface area (Å²) in [6, 6.07) is 3.15. The zero-order valence-corrected chi connectivity index (χ0v) is 7.10. The molecule has 4 heteroatoms. The molecule has 0 bridgehead atoms. The summed E-state index contributed by atoms with van der Waals surface area (Å²) in [5.74, 6) is -0.0805. The molecular weight excluding hydrogens is 171 g/mol. The lowest BCUT2D eigenvalue weighted by Crippen LogP contribution is -1.96. The highest BCUT2D eigenvalue weighted by atomic mass is 19.1. The quantitative estimate of drug-likeness (QED) is 0.658. The molecule has 0 aliphatic rings. The number of fused-ring (bicyclic) bond motifs is 1. The number of nitrogens with two attached hydrogens (primary N) is 1. The largest absolute Gasteiger partial charge is 0.494 e. The van der Waals surface area contributed by atoms with Gasteiger partial charge in [-0.2, -0.15) is 0 Å². The number of aromatic nitrogens is 1. The third kappa shape index (κ3) is 1.02. The highest BCUT2D eigenvalue weighted by molar-refractivity contribution is 5.91. The van der Waals surface area contributed by atoms with Gasteiger partial charge < -0.3 is 15.5 Å². The Labute approximate surface area is 74.3 Å². The fourth-order valence-corrected chi connectivity index (χ4v) is 1.38. The van der Waals surface area contributed by atoms with Crippen LogP contribution in [0.1, 0.15) is 0 Å². The number of hydrogen-bond acceptors (Lipinski definition) is 2. The number of methoxy groups -OCH3 is 1. The Balaban J connectivity index is 2.87. The van der Waals surface area contributed by atoms with E-state index in [1.54, 1.807) is 12.3 Å². The van der Waals surface area contributed by atoms with Crippen LogP contribution >= 0.6 is 0 Å². The first-order chi connectivity index (χ1) is 6.24. The van der Waals surface area contributed by atoms with Gasteiger partial charge in [0.1, 0.15) is 5.69 Å². The minimum atomic E-state index is -0.466. The van der Waals surface area contributed by atoms with Crippen LogP contribution in [0, 0.1) is 5.82 Å². The van der Waals surface area contributed by atoms with Crippen LogP contribution in [0.5, 0.6) is 5.75 Å². The number of rotatable bonds is 1. The fourth-order valence-electron chi connectivity index (χ4n) is 1.38. The van der Waals surface area contributed by atoms with Crippen LogP contribution in [0.15, 0.2) is 18.3 Å². The number of benzene rings is 1. The molecule has 1 aromatic carbocycles. The third-order valence-electron chi connectivity index (χ3n) is 2.00. The zero-order chi connectivity index (χ0) is 9.42. The molecule has 0 saturated carbocycles. The van der Waals surface area contributed by atoms with Gasteiger partial charge in [0, 0.05) is 17.6 Å². The molecule has 3 nitrogen and oxygen atoms in total. The molecule has 1 aromatic heterocycles. The lowest BCUT2D eigenvalue weighted by Gasteiger charge is -2.06. The SMILES string of the molecule is COc1c(N)c(F)cc2[nH]ccc12. The number of ether oxygens (including phenoxy) is 1. The number of nitrogens with one attached hydrogen (secondary N) is 1. The van der Waals surface area contributed by atoms with Gasteiger partial charge in [0.25, 0.3) is 0 Å². The number of nitrogen functional groups attached to an aromatic ring is 1. The Morgan fingerprint density at radius 3 is 3.00 bits per heavy atom. The Bertz CT molecular complexity index is 450.